The maximum atomic E-state index is 4.40. The van der Waals surface area contributed by atoms with E-state index >= 15 is 0 Å². The third kappa shape index (κ3) is 1.74. The minimum atomic E-state index is 0.666. The number of hydrogen-bond donors (Lipinski definition) is 0. The smallest absolute Gasteiger partial charge is 0.254 e. The van der Waals surface area contributed by atoms with E-state index in [-0.39, 0.29) is 0 Å². The van der Waals surface area contributed by atoms with Crippen molar-refractivity contribution in [2.45, 2.75) is 19.9 Å². The standard InChI is InChI=1S/C15H15N5/c1-11-8-14(20-15(18-11)16-10-17-20)19-7-6-12-4-2-3-5-13(12)9-19/h2-5,8,10H,6-7,9H2,1H3. The van der Waals surface area contributed by atoms with Crippen molar-refractivity contribution in [2.24, 2.45) is 0 Å². The average Bonchev–Trinajstić information content (AvgIpc) is 2.94. The van der Waals surface area contributed by atoms with Crippen LogP contribution in [0.15, 0.2) is 36.7 Å². The van der Waals surface area contributed by atoms with Crippen molar-refractivity contribution in [1.29, 1.82) is 0 Å². The summed E-state index contributed by atoms with van der Waals surface area (Å²) in [6.07, 6.45) is 2.62. The molecule has 0 bridgehead atoms. The Morgan fingerprint density at radius 3 is 2.90 bits per heavy atom. The van der Waals surface area contributed by atoms with E-state index in [4.69, 9.17) is 0 Å². The first-order valence-corrected chi connectivity index (χ1v) is 6.80. The van der Waals surface area contributed by atoms with Crippen LogP contribution in [0.3, 0.4) is 0 Å². The van der Waals surface area contributed by atoms with Crippen LogP contribution in [0.1, 0.15) is 16.8 Å². The van der Waals surface area contributed by atoms with Crippen LogP contribution >= 0.6 is 0 Å². The van der Waals surface area contributed by atoms with Crippen LogP contribution in [-0.2, 0) is 13.0 Å². The first kappa shape index (κ1) is 11.4. The Bertz CT molecular complexity index is 777. The second-order valence-corrected chi connectivity index (χ2v) is 5.17. The summed E-state index contributed by atoms with van der Waals surface area (Å²) < 4.78 is 1.82. The van der Waals surface area contributed by atoms with Crippen molar-refractivity contribution < 1.29 is 0 Å². The Hall–Kier alpha value is -2.43. The summed E-state index contributed by atoms with van der Waals surface area (Å²) in [4.78, 5) is 10.9. The van der Waals surface area contributed by atoms with Crippen LogP contribution in [0.5, 0.6) is 0 Å². The molecule has 5 nitrogen and oxygen atoms in total. The SMILES string of the molecule is Cc1cc(N2CCc3ccccc3C2)n2ncnc2n1. The second-order valence-electron chi connectivity index (χ2n) is 5.17. The normalized spacial score (nSPS) is 14.6. The Labute approximate surface area is 116 Å². The Balaban J connectivity index is 1.79. The van der Waals surface area contributed by atoms with Gasteiger partial charge >= 0.3 is 0 Å². The number of fused-ring (bicyclic) bond motifs is 2. The Morgan fingerprint density at radius 2 is 2.00 bits per heavy atom. The van der Waals surface area contributed by atoms with Crippen molar-refractivity contribution in [1.82, 2.24) is 19.6 Å². The van der Waals surface area contributed by atoms with Crippen molar-refractivity contribution in [3.63, 3.8) is 0 Å². The molecule has 3 heterocycles. The lowest BCUT2D eigenvalue weighted by Crippen LogP contribution is -2.32. The molecule has 0 spiro atoms. The molecule has 20 heavy (non-hydrogen) atoms. The highest BCUT2D eigenvalue weighted by Crippen LogP contribution is 2.24. The van der Waals surface area contributed by atoms with Gasteiger partial charge in [-0.25, -0.2) is 4.98 Å². The fourth-order valence-corrected chi connectivity index (χ4v) is 2.83. The van der Waals surface area contributed by atoms with E-state index in [1.165, 1.54) is 11.1 Å². The Morgan fingerprint density at radius 1 is 1.15 bits per heavy atom. The van der Waals surface area contributed by atoms with Gasteiger partial charge in [0, 0.05) is 24.8 Å². The van der Waals surface area contributed by atoms with Gasteiger partial charge in [-0.1, -0.05) is 24.3 Å². The van der Waals surface area contributed by atoms with Crippen molar-refractivity contribution in [3.8, 4) is 0 Å². The maximum Gasteiger partial charge on any atom is 0.254 e. The first-order valence-electron chi connectivity index (χ1n) is 6.80. The molecule has 2 aromatic heterocycles. The second kappa shape index (κ2) is 4.30. The molecular weight excluding hydrogens is 250 g/mol. The maximum absolute atomic E-state index is 4.40. The highest BCUT2D eigenvalue weighted by atomic mass is 15.4. The van der Waals surface area contributed by atoms with Gasteiger partial charge in [0.15, 0.2) is 0 Å². The fraction of sp³-hybridized carbons (Fsp3) is 0.267. The Kier molecular flexibility index (Phi) is 2.45. The van der Waals surface area contributed by atoms with E-state index in [9.17, 15) is 0 Å². The molecule has 4 rings (SSSR count). The summed E-state index contributed by atoms with van der Waals surface area (Å²) in [5.74, 6) is 1.73. The quantitative estimate of drug-likeness (QED) is 0.675. The number of aryl methyl sites for hydroxylation is 1. The van der Waals surface area contributed by atoms with Crippen molar-refractivity contribution in [3.05, 3.63) is 53.5 Å². The zero-order chi connectivity index (χ0) is 13.5. The molecule has 100 valence electrons. The molecule has 0 radical (unpaired) electrons. The molecule has 0 N–H and O–H groups in total. The summed E-state index contributed by atoms with van der Waals surface area (Å²) in [7, 11) is 0. The molecule has 0 unspecified atom stereocenters. The number of anilines is 1. The summed E-state index contributed by atoms with van der Waals surface area (Å²) in [6, 6.07) is 10.7. The van der Waals surface area contributed by atoms with Crippen molar-refractivity contribution >= 4 is 11.6 Å². The van der Waals surface area contributed by atoms with E-state index in [2.05, 4.69) is 50.3 Å². The minimum Gasteiger partial charge on any atom is -0.352 e. The van der Waals surface area contributed by atoms with E-state index in [1.807, 2.05) is 11.4 Å². The van der Waals surface area contributed by atoms with Gasteiger partial charge in [0.2, 0.25) is 0 Å². The molecule has 1 aromatic carbocycles. The number of hydrogen-bond acceptors (Lipinski definition) is 4. The van der Waals surface area contributed by atoms with Gasteiger partial charge in [0.05, 0.1) is 0 Å². The van der Waals surface area contributed by atoms with Gasteiger partial charge in [-0.2, -0.15) is 14.6 Å². The van der Waals surface area contributed by atoms with Crippen LogP contribution in [-0.4, -0.2) is 26.1 Å². The third-order valence-corrected chi connectivity index (χ3v) is 3.82. The summed E-state index contributed by atoms with van der Waals surface area (Å²) in [6.45, 7) is 3.90. The predicted octanol–water partition coefficient (Wildman–Crippen LogP) is 2.00. The molecule has 1 aliphatic heterocycles. The van der Waals surface area contributed by atoms with Crippen LogP contribution in [0, 0.1) is 6.92 Å². The minimum absolute atomic E-state index is 0.666. The third-order valence-electron chi connectivity index (χ3n) is 3.82. The zero-order valence-corrected chi connectivity index (χ0v) is 11.3. The number of aromatic nitrogens is 4. The molecule has 0 fully saturated rings. The van der Waals surface area contributed by atoms with Crippen LogP contribution in [0.2, 0.25) is 0 Å². The molecule has 5 heteroatoms. The highest BCUT2D eigenvalue weighted by Gasteiger charge is 2.19. The molecule has 0 atom stereocenters. The monoisotopic (exact) mass is 265 g/mol. The van der Waals surface area contributed by atoms with E-state index in [1.54, 1.807) is 6.33 Å². The molecule has 0 amide bonds. The van der Waals surface area contributed by atoms with Crippen LogP contribution < -0.4 is 4.90 Å². The summed E-state index contributed by atoms with van der Waals surface area (Å²) in [5.41, 5.74) is 3.81. The van der Waals surface area contributed by atoms with E-state index < -0.39 is 0 Å². The molecule has 0 saturated heterocycles. The predicted molar refractivity (Wildman–Crippen MR) is 76.7 cm³/mol. The number of nitrogens with zero attached hydrogens (tertiary/aromatic N) is 5. The van der Waals surface area contributed by atoms with Gasteiger partial charge < -0.3 is 4.90 Å². The van der Waals surface area contributed by atoms with Gasteiger partial charge in [-0.3, -0.25) is 0 Å². The lowest BCUT2D eigenvalue weighted by Gasteiger charge is -2.30. The number of rotatable bonds is 1. The lowest BCUT2D eigenvalue weighted by atomic mass is 10.00. The topological polar surface area (TPSA) is 46.3 Å². The van der Waals surface area contributed by atoms with Crippen LogP contribution in [0.25, 0.3) is 5.78 Å². The average molecular weight is 265 g/mol. The summed E-state index contributed by atoms with van der Waals surface area (Å²) >= 11 is 0. The highest BCUT2D eigenvalue weighted by molar-refractivity contribution is 5.49. The number of benzene rings is 1. The largest absolute Gasteiger partial charge is 0.352 e. The van der Waals surface area contributed by atoms with E-state index in [0.29, 0.717) is 5.78 Å². The molecule has 3 aromatic rings. The van der Waals surface area contributed by atoms with Crippen molar-refractivity contribution in [2.75, 3.05) is 11.4 Å². The van der Waals surface area contributed by atoms with E-state index in [0.717, 1.165) is 31.0 Å². The molecule has 0 aliphatic carbocycles. The van der Waals surface area contributed by atoms with Gasteiger partial charge in [0.1, 0.15) is 12.1 Å². The molecule has 0 saturated carbocycles. The zero-order valence-electron chi connectivity index (χ0n) is 11.3. The van der Waals surface area contributed by atoms with Gasteiger partial charge in [0.25, 0.3) is 5.78 Å². The molecular formula is C15H15N5. The molecule has 1 aliphatic rings. The summed E-state index contributed by atoms with van der Waals surface area (Å²) in [5, 5.41) is 4.29. The van der Waals surface area contributed by atoms with Gasteiger partial charge in [-0.15, -0.1) is 0 Å². The first-order chi connectivity index (χ1) is 9.81. The lowest BCUT2D eigenvalue weighted by molar-refractivity contribution is 0.701. The van der Waals surface area contributed by atoms with Crippen LogP contribution in [0.4, 0.5) is 5.82 Å². The fourth-order valence-electron chi connectivity index (χ4n) is 2.83. The van der Waals surface area contributed by atoms with Gasteiger partial charge in [-0.05, 0) is 24.5 Å².